The van der Waals surface area contributed by atoms with Gasteiger partial charge in [-0.25, -0.2) is 0 Å². The van der Waals surface area contributed by atoms with E-state index in [4.69, 9.17) is 5.11 Å². The van der Waals surface area contributed by atoms with E-state index in [0.29, 0.717) is 0 Å². The zero-order valence-electron chi connectivity index (χ0n) is 9.35. The molecule has 0 saturated heterocycles. The summed E-state index contributed by atoms with van der Waals surface area (Å²) in [5.41, 5.74) is -0.521. The van der Waals surface area contributed by atoms with Gasteiger partial charge < -0.3 is 10.4 Å². The molecule has 104 valence electrons. The lowest BCUT2D eigenvalue weighted by atomic mass is 10.2. The van der Waals surface area contributed by atoms with Crippen LogP contribution in [0.1, 0.15) is 10.4 Å². The molecular weight excluding hydrogens is 269 g/mol. The monoisotopic (exact) mass is 278 g/mol. The Balaban J connectivity index is 2.69. The van der Waals surface area contributed by atoms with E-state index < -0.39 is 29.7 Å². The fraction of sp³-hybridized carbons (Fsp3) is 0.300. The van der Waals surface area contributed by atoms with Crippen LogP contribution in [0.15, 0.2) is 24.3 Å². The van der Waals surface area contributed by atoms with Gasteiger partial charge >= 0.3 is 6.18 Å². The van der Waals surface area contributed by atoms with Crippen LogP contribution in [0, 0.1) is 10.1 Å². The molecule has 0 fully saturated rings. The first kappa shape index (κ1) is 14.9. The van der Waals surface area contributed by atoms with Crippen molar-refractivity contribution >= 4 is 11.6 Å². The number of aliphatic hydroxyl groups excluding tert-OH is 1. The third kappa shape index (κ3) is 4.21. The van der Waals surface area contributed by atoms with Crippen molar-refractivity contribution in [2.45, 2.75) is 12.3 Å². The number of hydrogen-bond donors (Lipinski definition) is 2. The Bertz CT molecular complexity index is 490. The SMILES string of the molecule is O=C(NCC(O)C(F)(F)F)c1cccc([N+](=O)[O-])c1. The maximum atomic E-state index is 12.0. The van der Waals surface area contributed by atoms with Crippen LogP contribution in [-0.2, 0) is 0 Å². The Labute approximate surface area is 105 Å². The highest BCUT2D eigenvalue weighted by molar-refractivity contribution is 5.94. The quantitative estimate of drug-likeness (QED) is 0.640. The Morgan fingerprint density at radius 2 is 2.11 bits per heavy atom. The van der Waals surface area contributed by atoms with Crippen molar-refractivity contribution in [3.8, 4) is 0 Å². The minimum atomic E-state index is -4.84. The predicted octanol–water partition coefficient (Wildman–Crippen LogP) is 1.25. The predicted molar refractivity (Wildman–Crippen MR) is 57.5 cm³/mol. The largest absolute Gasteiger partial charge is 0.416 e. The van der Waals surface area contributed by atoms with Crippen LogP contribution >= 0.6 is 0 Å². The van der Waals surface area contributed by atoms with Gasteiger partial charge in [0.1, 0.15) is 0 Å². The average Bonchev–Trinajstić information content (AvgIpc) is 2.34. The molecule has 0 heterocycles. The lowest BCUT2D eigenvalue weighted by Gasteiger charge is -2.14. The molecular formula is C10H9F3N2O4. The summed E-state index contributed by atoms with van der Waals surface area (Å²) in [7, 11) is 0. The molecule has 0 aliphatic carbocycles. The molecule has 1 aromatic carbocycles. The van der Waals surface area contributed by atoms with Gasteiger partial charge in [-0.1, -0.05) is 6.07 Å². The molecule has 0 aliphatic rings. The Hall–Kier alpha value is -2.16. The van der Waals surface area contributed by atoms with Gasteiger partial charge in [-0.2, -0.15) is 13.2 Å². The van der Waals surface area contributed by atoms with Gasteiger partial charge in [0.25, 0.3) is 11.6 Å². The molecule has 0 saturated carbocycles. The number of rotatable bonds is 4. The first-order chi connectivity index (χ1) is 8.71. The highest BCUT2D eigenvalue weighted by Gasteiger charge is 2.38. The van der Waals surface area contributed by atoms with Crippen LogP contribution in [0.3, 0.4) is 0 Å². The topological polar surface area (TPSA) is 92.5 Å². The van der Waals surface area contributed by atoms with Gasteiger partial charge in [0, 0.05) is 17.7 Å². The van der Waals surface area contributed by atoms with E-state index in [-0.39, 0.29) is 11.3 Å². The van der Waals surface area contributed by atoms with Crippen molar-refractivity contribution in [3.63, 3.8) is 0 Å². The molecule has 19 heavy (non-hydrogen) atoms. The summed E-state index contributed by atoms with van der Waals surface area (Å²) in [6.45, 7) is -1.02. The van der Waals surface area contributed by atoms with Crippen LogP contribution in [0.25, 0.3) is 0 Å². The number of nitrogens with zero attached hydrogens (tertiary/aromatic N) is 1. The minimum Gasteiger partial charge on any atom is -0.382 e. The van der Waals surface area contributed by atoms with Crippen LogP contribution in [0.5, 0.6) is 0 Å². The van der Waals surface area contributed by atoms with Gasteiger partial charge in [0.05, 0.1) is 11.5 Å². The molecule has 0 bridgehead atoms. The molecule has 0 spiro atoms. The Kier molecular flexibility index (Phi) is 4.43. The second kappa shape index (κ2) is 5.65. The normalized spacial score (nSPS) is 12.8. The van der Waals surface area contributed by atoms with Crippen LogP contribution in [0.4, 0.5) is 18.9 Å². The van der Waals surface area contributed by atoms with Crippen molar-refractivity contribution in [1.29, 1.82) is 0 Å². The number of halogens is 3. The maximum absolute atomic E-state index is 12.0. The highest BCUT2D eigenvalue weighted by Crippen LogP contribution is 2.19. The van der Waals surface area contributed by atoms with E-state index >= 15 is 0 Å². The smallest absolute Gasteiger partial charge is 0.382 e. The first-order valence-electron chi connectivity index (χ1n) is 4.99. The average molecular weight is 278 g/mol. The van der Waals surface area contributed by atoms with E-state index in [1.54, 1.807) is 0 Å². The number of hydrogen-bond acceptors (Lipinski definition) is 4. The molecule has 1 unspecified atom stereocenters. The summed E-state index contributed by atoms with van der Waals surface area (Å²) < 4.78 is 35.9. The fourth-order valence-corrected chi connectivity index (χ4v) is 1.17. The molecule has 0 aromatic heterocycles. The second-order valence-electron chi connectivity index (χ2n) is 3.57. The van der Waals surface area contributed by atoms with E-state index in [9.17, 15) is 28.1 Å². The van der Waals surface area contributed by atoms with Gasteiger partial charge in [0.15, 0.2) is 6.10 Å². The summed E-state index contributed by atoms with van der Waals surface area (Å²) in [6.07, 6.45) is -7.52. The van der Waals surface area contributed by atoms with E-state index in [0.717, 1.165) is 12.1 Å². The number of nitro benzene ring substituents is 1. The molecule has 2 N–H and O–H groups in total. The maximum Gasteiger partial charge on any atom is 0.416 e. The Morgan fingerprint density at radius 1 is 1.47 bits per heavy atom. The molecule has 1 aromatic rings. The van der Waals surface area contributed by atoms with E-state index in [2.05, 4.69) is 0 Å². The fourth-order valence-electron chi connectivity index (χ4n) is 1.17. The summed E-state index contributed by atoms with van der Waals surface area (Å²) in [5.74, 6) is -0.938. The number of aliphatic hydroxyl groups is 1. The molecule has 1 atom stereocenters. The summed E-state index contributed by atoms with van der Waals surface area (Å²) >= 11 is 0. The van der Waals surface area contributed by atoms with Crippen LogP contribution < -0.4 is 5.32 Å². The molecule has 0 radical (unpaired) electrons. The third-order valence-corrected chi connectivity index (χ3v) is 2.15. The first-order valence-corrected chi connectivity index (χ1v) is 4.99. The highest BCUT2D eigenvalue weighted by atomic mass is 19.4. The standard InChI is InChI=1S/C10H9F3N2O4/c11-10(12,13)8(16)5-14-9(17)6-2-1-3-7(4-6)15(18)19/h1-4,8,16H,5H2,(H,14,17). The van der Waals surface area contributed by atoms with Crippen molar-refractivity contribution < 1.29 is 28.0 Å². The molecule has 9 heteroatoms. The number of carbonyl (C=O) groups is 1. The molecule has 1 amide bonds. The van der Waals surface area contributed by atoms with Crippen molar-refractivity contribution in [2.75, 3.05) is 6.54 Å². The van der Waals surface area contributed by atoms with Crippen molar-refractivity contribution in [2.24, 2.45) is 0 Å². The lowest BCUT2D eigenvalue weighted by Crippen LogP contribution is -2.40. The molecule has 0 aliphatic heterocycles. The minimum absolute atomic E-state index is 0.163. The van der Waals surface area contributed by atoms with E-state index in [1.807, 2.05) is 5.32 Å². The van der Waals surface area contributed by atoms with Gasteiger partial charge in [-0.15, -0.1) is 0 Å². The van der Waals surface area contributed by atoms with Gasteiger partial charge in [0.2, 0.25) is 0 Å². The van der Waals surface area contributed by atoms with Crippen molar-refractivity contribution in [1.82, 2.24) is 5.32 Å². The van der Waals surface area contributed by atoms with Crippen molar-refractivity contribution in [3.05, 3.63) is 39.9 Å². The zero-order valence-corrected chi connectivity index (χ0v) is 9.35. The summed E-state index contributed by atoms with van der Waals surface area (Å²) in [6, 6.07) is 4.51. The van der Waals surface area contributed by atoms with Crippen LogP contribution in [-0.4, -0.2) is 34.8 Å². The van der Waals surface area contributed by atoms with Gasteiger partial charge in [-0.3, -0.25) is 14.9 Å². The second-order valence-corrected chi connectivity index (χ2v) is 3.57. The number of benzene rings is 1. The number of nitrogens with one attached hydrogen (secondary N) is 1. The number of non-ortho nitro benzene ring substituents is 1. The van der Waals surface area contributed by atoms with Gasteiger partial charge in [-0.05, 0) is 6.07 Å². The third-order valence-electron chi connectivity index (χ3n) is 2.15. The lowest BCUT2D eigenvalue weighted by molar-refractivity contribution is -0.384. The Morgan fingerprint density at radius 3 is 2.63 bits per heavy atom. The number of alkyl halides is 3. The molecule has 6 nitrogen and oxygen atoms in total. The number of nitro groups is 1. The molecule has 1 rings (SSSR count). The van der Waals surface area contributed by atoms with Crippen LogP contribution in [0.2, 0.25) is 0 Å². The number of amides is 1. The van der Waals surface area contributed by atoms with E-state index in [1.165, 1.54) is 12.1 Å². The summed E-state index contributed by atoms with van der Waals surface area (Å²) in [5, 5.41) is 21.0. The summed E-state index contributed by atoms with van der Waals surface area (Å²) in [4.78, 5) is 21.2. The zero-order chi connectivity index (χ0) is 14.6. The number of carbonyl (C=O) groups excluding carboxylic acids is 1.